The Kier molecular flexibility index (Phi) is 5.39. The van der Waals surface area contributed by atoms with Crippen LogP contribution >= 0.6 is 15.9 Å². The van der Waals surface area contributed by atoms with Crippen molar-refractivity contribution in [2.45, 2.75) is 12.6 Å². The molecule has 1 aromatic heterocycles. The second kappa shape index (κ2) is 7.06. The summed E-state index contributed by atoms with van der Waals surface area (Å²) in [6, 6.07) is 7.84. The summed E-state index contributed by atoms with van der Waals surface area (Å²) in [5.74, 6) is 0. The number of benzene rings is 1. The molecule has 0 aliphatic heterocycles. The number of ether oxygens (including phenoxy) is 1. The molecule has 21 heavy (non-hydrogen) atoms. The minimum Gasteiger partial charge on any atom is -0.383 e. The van der Waals surface area contributed by atoms with E-state index in [2.05, 4.69) is 21.0 Å². The maximum absolute atomic E-state index is 10.7. The van der Waals surface area contributed by atoms with Crippen molar-refractivity contribution in [3.63, 3.8) is 0 Å². The van der Waals surface area contributed by atoms with Gasteiger partial charge < -0.3 is 14.7 Å². The zero-order valence-corrected chi connectivity index (χ0v) is 14.0. The Hall–Kier alpha value is -1.37. The first-order chi connectivity index (χ1) is 10.0. The number of anilines is 1. The van der Waals surface area contributed by atoms with Crippen LogP contribution < -0.4 is 4.90 Å². The second-order valence-electron chi connectivity index (χ2n) is 4.99. The predicted molar refractivity (Wildman–Crippen MR) is 86.6 cm³/mol. The van der Waals surface area contributed by atoms with E-state index in [1.54, 1.807) is 18.0 Å². The molecule has 0 aliphatic carbocycles. The van der Waals surface area contributed by atoms with E-state index in [0.717, 1.165) is 21.4 Å². The zero-order valence-electron chi connectivity index (χ0n) is 12.5. The number of methoxy groups -OCH3 is 1. The van der Waals surface area contributed by atoms with Crippen molar-refractivity contribution in [3.05, 3.63) is 46.2 Å². The van der Waals surface area contributed by atoms with E-state index in [0.29, 0.717) is 13.2 Å². The number of halogens is 1. The lowest BCUT2D eigenvalue weighted by molar-refractivity contribution is 0.171. The molecule has 0 bridgehead atoms. The van der Waals surface area contributed by atoms with Crippen molar-refractivity contribution in [2.24, 2.45) is 0 Å². The maximum atomic E-state index is 10.7. The smallest absolute Gasteiger partial charge is 0.122 e. The number of nitrogens with zero attached hydrogens (tertiary/aromatic N) is 3. The fourth-order valence-corrected chi connectivity index (χ4v) is 2.64. The number of rotatable bonds is 6. The molecule has 0 radical (unpaired) electrons. The molecule has 2 rings (SSSR count). The van der Waals surface area contributed by atoms with Gasteiger partial charge in [0.25, 0.3) is 0 Å². The first kappa shape index (κ1) is 16.0. The van der Waals surface area contributed by atoms with Crippen molar-refractivity contribution in [1.29, 1.82) is 0 Å². The zero-order chi connectivity index (χ0) is 15.4. The third kappa shape index (κ3) is 3.64. The van der Waals surface area contributed by atoms with Crippen LogP contribution in [0.1, 0.15) is 17.4 Å². The molecular formula is C15H20BrN3O2. The summed E-state index contributed by atoms with van der Waals surface area (Å²) < 4.78 is 7.64. The summed E-state index contributed by atoms with van der Waals surface area (Å²) in [6.07, 6.45) is 0.961. The summed E-state index contributed by atoms with van der Waals surface area (Å²) in [5, 5.41) is 15.0. The summed E-state index contributed by atoms with van der Waals surface area (Å²) in [5.41, 5.74) is 2.62. The van der Waals surface area contributed by atoms with E-state index in [9.17, 15) is 5.11 Å². The Bertz CT molecular complexity index is 598. The van der Waals surface area contributed by atoms with Gasteiger partial charge in [-0.1, -0.05) is 12.1 Å². The molecule has 0 saturated carbocycles. The fourth-order valence-electron chi connectivity index (χ4n) is 2.13. The molecular weight excluding hydrogens is 334 g/mol. The van der Waals surface area contributed by atoms with E-state index in [1.807, 2.05) is 43.3 Å². The van der Waals surface area contributed by atoms with Crippen LogP contribution in [0.2, 0.25) is 0 Å². The molecule has 0 aliphatic rings. The third-order valence-corrected chi connectivity index (χ3v) is 3.91. The van der Waals surface area contributed by atoms with Gasteiger partial charge in [-0.05, 0) is 33.6 Å². The van der Waals surface area contributed by atoms with Gasteiger partial charge in [0.05, 0.1) is 29.5 Å². The van der Waals surface area contributed by atoms with Crippen LogP contribution in [0.3, 0.4) is 0 Å². The normalized spacial score (nSPS) is 12.4. The number of hydrogen-bond donors (Lipinski definition) is 1. The highest BCUT2D eigenvalue weighted by atomic mass is 79.9. The lowest BCUT2D eigenvalue weighted by Gasteiger charge is -2.18. The van der Waals surface area contributed by atoms with Crippen LogP contribution in [0, 0.1) is 0 Å². The van der Waals surface area contributed by atoms with E-state index in [1.165, 1.54) is 0 Å². The van der Waals surface area contributed by atoms with Gasteiger partial charge in [0.2, 0.25) is 0 Å². The van der Waals surface area contributed by atoms with E-state index in [-0.39, 0.29) is 0 Å². The van der Waals surface area contributed by atoms with Gasteiger partial charge in [-0.2, -0.15) is 5.10 Å². The van der Waals surface area contributed by atoms with Gasteiger partial charge in [-0.3, -0.25) is 4.68 Å². The molecule has 5 nitrogen and oxygen atoms in total. The summed E-state index contributed by atoms with van der Waals surface area (Å²) >= 11 is 3.46. The topological polar surface area (TPSA) is 50.5 Å². The Balaban J connectivity index is 2.33. The summed E-state index contributed by atoms with van der Waals surface area (Å²) in [6.45, 7) is 1.15. The van der Waals surface area contributed by atoms with E-state index < -0.39 is 6.10 Å². The van der Waals surface area contributed by atoms with Crippen molar-refractivity contribution in [3.8, 4) is 0 Å². The molecule has 0 fully saturated rings. The van der Waals surface area contributed by atoms with E-state index in [4.69, 9.17) is 4.74 Å². The van der Waals surface area contributed by atoms with Crippen molar-refractivity contribution >= 4 is 21.6 Å². The number of aromatic nitrogens is 2. The molecule has 2 aromatic rings. The van der Waals surface area contributed by atoms with Gasteiger partial charge in [0.15, 0.2) is 0 Å². The average molecular weight is 354 g/mol. The van der Waals surface area contributed by atoms with Gasteiger partial charge in [0, 0.05) is 26.9 Å². The molecule has 0 amide bonds. The lowest BCUT2D eigenvalue weighted by Crippen LogP contribution is -2.14. The fraction of sp³-hybridized carbons (Fsp3) is 0.400. The van der Waals surface area contributed by atoms with Gasteiger partial charge in [-0.25, -0.2) is 0 Å². The van der Waals surface area contributed by atoms with Crippen LogP contribution in [0.4, 0.5) is 5.69 Å². The minimum absolute atomic E-state index is 0.547. The number of hydrogen-bond acceptors (Lipinski definition) is 4. The Labute approximate surface area is 133 Å². The predicted octanol–water partition coefficient (Wildman–Crippen LogP) is 2.44. The Morgan fingerprint density at radius 3 is 2.86 bits per heavy atom. The second-order valence-corrected chi connectivity index (χ2v) is 5.84. The molecule has 6 heteroatoms. The van der Waals surface area contributed by atoms with Crippen LogP contribution in [0.25, 0.3) is 0 Å². The van der Waals surface area contributed by atoms with Crippen LogP contribution in [-0.2, 0) is 11.3 Å². The highest BCUT2D eigenvalue weighted by Gasteiger charge is 2.20. The Morgan fingerprint density at radius 2 is 2.19 bits per heavy atom. The molecule has 1 unspecified atom stereocenters. The minimum atomic E-state index is -0.737. The first-order valence-electron chi connectivity index (χ1n) is 6.70. The molecule has 0 spiro atoms. The lowest BCUT2D eigenvalue weighted by atomic mass is 10.1. The monoisotopic (exact) mass is 353 g/mol. The standard InChI is InChI=1S/C15H20BrN3O2/c1-18(2)12-6-4-5-11(9-12)15(20)14-13(16)10-17-19(14)7-8-21-3/h4-6,9-10,15,20H,7-8H2,1-3H3. The molecule has 1 aromatic carbocycles. The number of aliphatic hydroxyl groups excluding tert-OH is 1. The van der Waals surface area contributed by atoms with Crippen molar-refractivity contribution in [1.82, 2.24) is 9.78 Å². The van der Waals surface area contributed by atoms with E-state index >= 15 is 0 Å². The van der Waals surface area contributed by atoms with Crippen LogP contribution in [0.5, 0.6) is 0 Å². The Morgan fingerprint density at radius 1 is 1.43 bits per heavy atom. The quantitative estimate of drug-likeness (QED) is 0.866. The summed E-state index contributed by atoms with van der Waals surface area (Å²) in [4.78, 5) is 2.01. The molecule has 1 heterocycles. The van der Waals surface area contributed by atoms with Gasteiger partial charge >= 0.3 is 0 Å². The SMILES string of the molecule is COCCn1ncc(Br)c1C(O)c1cccc(N(C)C)c1. The molecule has 0 saturated heterocycles. The van der Waals surface area contributed by atoms with Gasteiger partial charge in [0.1, 0.15) is 6.10 Å². The molecule has 1 N–H and O–H groups in total. The molecule has 114 valence electrons. The maximum Gasteiger partial charge on any atom is 0.122 e. The highest BCUT2D eigenvalue weighted by Crippen LogP contribution is 2.30. The van der Waals surface area contributed by atoms with Crippen LogP contribution in [0.15, 0.2) is 34.9 Å². The first-order valence-corrected chi connectivity index (χ1v) is 7.49. The van der Waals surface area contributed by atoms with Crippen LogP contribution in [-0.4, -0.2) is 42.7 Å². The number of aliphatic hydroxyl groups is 1. The third-order valence-electron chi connectivity index (χ3n) is 3.30. The van der Waals surface area contributed by atoms with Crippen molar-refractivity contribution in [2.75, 3.05) is 32.7 Å². The average Bonchev–Trinajstić information content (AvgIpc) is 2.85. The van der Waals surface area contributed by atoms with Gasteiger partial charge in [-0.15, -0.1) is 0 Å². The van der Waals surface area contributed by atoms with Crippen molar-refractivity contribution < 1.29 is 9.84 Å². The molecule has 1 atom stereocenters. The largest absolute Gasteiger partial charge is 0.383 e. The summed E-state index contributed by atoms with van der Waals surface area (Å²) in [7, 11) is 5.60. The highest BCUT2D eigenvalue weighted by molar-refractivity contribution is 9.10.